The molecule has 2 aromatic rings. The van der Waals surface area contributed by atoms with Gasteiger partial charge < -0.3 is 14.8 Å². The molecule has 1 saturated carbocycles. The molecule has 1 N–H and O–H groups in total. The average molecular weight is 388 g/mol. The second-order valence-electron chi connectivity index (χ2n) is 6.51. The fraction of sp³-hybridized carbons (Fsp3) is 0.333. The van der Waals surface area contributed by atoms with Crippen molar-refractivity contribution in [3.63, 3.8) is 0 Å². The van der Waals surface area contributed by atoms with Crippen LogP contribution in [0.25, 0.3) is 11.1 Å². The summed E-state index contributed by atoms with van der Waals surface area (Å²) < 4.78 is 10.4. The number of carbonyl (C=O) groups is 2. The van der Waals surface area contributed by atoms with Gasteiger partial charge in [0, 0.05) is 6.04 Å². The number of ether oxygens (including phenoxy) is 2. The summed E-state index contributed by atoms with van der Waals surface area (Å²) in [6.07, 6.45) is 4.23. The number of hydrogen-bond donors (Lipinski definition) is 1. The fourth-order valence-corrected chi connectivity index (χ4v) is 3.33. The van der Waals surface area contributed by atoms with E-state index in [0.29, 0.717) is 10.8 Å². The molecule has 0 heterocycles. The zero-order chi connectivity index (χ0) is 19.1. The van der Waals surface area contributed by atoms with Gasteiger partial charge in [0.2, 0.25) is 0 Å². The third kappa shape index (κ3) is 5.73. The molecular formula is C21H22ClNO4. The standard InChI is InChI=1S/C21H22ClNO4/c22-18-12-16(15-6-2-1-3-7-15)10-11-19(18)26-14-21(25)27-13-20(24)23-17-8-4-5-9-17/h1-3,6-7,10-12,17H,4-5,8-9,13-14H2,(H,23,24). The van der Waals surface area contributed by atoms with E-state index in [0.717, 1.165) is 36.8 Å². The summed E-state index contributed by atoms with van der Waals surface area (Å²) in [5, 5.41) is 3.27. The molecular weight excluding hydrogens is 366 g/mol. The molecule has 0 saturated heterocycles. The lowest BCUT2D eigenvalue weighted by Gasteiger charge is -2.12. The van der Waals surface area contributed by atoms with Crippen LogP contribution in [0.4, 0.5) is 0 Å². The molecule has 0 aliphatic heterocycles. The van der Waals surface area contributed by atoms with Crippen LogP contribution < -0.4 is 10.1 Å². The van der Waals surface area contributed by atoms with Crippen molar-refractivity contribution < 1.29 is 19.1 Å². The summed E-state index contributed by atoms with van der Waals surface area (Å²) in [5.41, 5.74) is 2.00. The zero-order valence-corrected chi connectivity index (χ0v) is 15.7. The Morgan fingerprint density at radius 2 is 1.74 bits per heavy atom. The first-order valence-corrected chi connectivity index (χ1v) is 9.42. The van der Waals surface area contributed by atoms with Crippen LogP contribution in [0.15, 0.2) is 48.5 Å². The number of benzene rings is 2. The topological polar surface area (TPSA) is 64.6 Å². The minimum atomic E-state index is -0.611. The molecule has 5 nitrogen and oxygen atoms in total. The molecule has 0 unspecified atom stereocenters. The highest BCUT2D eigenvalue weighted by molar-refractivity contribution is 6.32. The zero-order valence-electron chi connectivity index (χ0n) is 14.9. The molecule has 0 bridgehead atoms. The van der Waals surface area contributed by atoms with Gasteiger partial charge in [0.15, 0.2) is 13.2 Å². The van der Waals surface area contributed by atoms with Crippen molar-refractivity contribution in [2.75, 3.05) is 13.2 Å². The van der Waals surface area contributed by atoms with Crippen molar-refractivity contribution in [3.05, 3.63) is 53.6 Å². The van der Waals surface area contributed by atoms with E-state index in [1.54, 1.807) is 12.1 Å². The maximum absolute atomic E-state index is 11.8. The number of halogens is 1. The van der Waals surface area contributed by atoms with Gasteiger partial charge in [-0.1, -0.05) is 60.8 Å². The number of rotatable bonds is 7. The maximum atomic E-state index is 11.8. The predicted molar refractivity (Wildman–Crippen MR) is 104 cm³/mol. The average Bonchev–Trinajstić information content (AvgIpc) is 3.19. The Kier molecular flexibility index (Phi) is 6.71. The van der Waals surface area contributed by atoms with E-state index in [1.807, 2.05) is 36.4 Å². The highest BCUT2D eigenvalue weighted by atomic mass is 35.5. The largest absolute Gasteiger partial charge is 0.480 e. The number of esters is 1. The molecule has 27 heavy (non-hydrogen) atoms. The van der Waals surface area contributed by atoms with Crippen molar-refractivity contribution in [2.45, 2.75) is 31.7 Å². The third-order valence-electron chi connectivity index (χ3n) is 4.47. The lowest BCUT2D eigenvalue weighted by Crippen LogP contribution is -2.36. The molecule has 6 heteroatoms. The molecule has 1 amide bonds. The Bertz CT molecular complexity index is 788. The number of amides is 1. The molecule has 1 fully saturated rings. The van der Waals surface area contributed by atoms with Gasteiger partial charge in [-0.25, -0.2) is 4.79 Å². The van der Waals surface area contributed by atoms with Gasteiger partial charge in [-0.3, -0.25) is 4.79 Å². The minimum Gasteiger partial charge on any atom is -0.480 e. The van der Waals surface area contributed by atoms with Gasteiger partial charge in [0.25, 0.3) is 5.91 Å². The van der Waals surface area contributed by atoms with Gasteiger partial charge in [-0.05, 0) is 36.1 Å². The Hall–Kier alpha value is -2.53. The van der Waals surface area contributed by atoms with E-state index < -0.39 is 5.97 Å². The van der Waals surface area contributed by atoms with Gasteiger partial charge in [-0.2, -0.15) is 0 Å². The number of hydrogen-bond acceptors (Lipinski definition) is 4. The third-order valence-corrected chi connectivity index (χ3v) is 4.76. The predicted octanol–water partition coefficient (Wildman–Crippen LogP) is 3.99. The van der Waals surface area contributed by atoms with Crippen LogP contribution in [-0.2, 0) is 14.3 Å². The summed E-state index contributed by atoms with van der Waals surface area (Å²) in [6.45, 7) is -0.597. The van der Waals surface area contributed by atoms with E-state index in [4.69, 9.17) is 21.1 Å². The van der Waals surface area contributed by atoms with Crippen LogP contribution >= 0.6 is 11.6 Å². The number of carbonyl (C=O) groups excluding carboxylic acids is 2. The quantitative estimate of drug-likeness (QED) is 0.729. The maximum Gasteiger partial charge on any atom is 0.344 e. The van der Waals surface area contributed by atoms with Crippen LogP contribution in [0.2, 0.25) is 5.02 Å². The first-order chi connectivity index (χ1) is 13.1. The van der Waals surface area contributed by atoms with Crippen molar-refractivity contribution in [3.8, 4) is 16.9 Å². The van der Waals surface area contributed by atoms with Crippen LogP contribution in [0.5, 0.6) is 5.75 Å². The minimum absolute atomic E-state index is 0.203. The lowest BCUT2D eigenvalue weighted by molar-refractivity contribution is -0.150. The molecule has 3 rings (SSSR count). The summed E-state index contributed by atoms with van der Waals surface area (Å²) in [7, 11) is 0. The Morgan fingerprint density at radius 3 is 2.44 bits per heavy atom. The van der Waals surface area contributed by atoms with E-state index in [2.05, 4.69) is 5.32 Å². The van der Waals surface area contributed by atoms with Gasteiger partial charge >= 0.3 is 5.97 Å². The fourth-order valence-electron chi connectivity index (χ4n) is 3.09. The van der Waals surface area contributed by atoms with Crippen LogP contribution in [0, 0.1) is 0 Å². The normalized spacial score (nSPS) is 14.0. The highest BCUT2D eigenvalue weighted by Crippen LogP contribution is 2.30. The Labute approximate surface area is 163 Å². The van der Waals surface area contributed by atoms with Crippen LogP contribution in [0.3, 0.4) is 0 Å². The highest BCUT2D eigenvalue weighted by Gasteiger charge is 2.18. The molecule has 1 aliphatic rings. The Morgan fingerprint density at radius 1 is 1.00 bits per heavy atom. The molecule has 0 spiro atoms. The molecule has 0 radical (unpaired) electrons. The SMILES string of the molecule is O=C(COC(=O)COc1ccc(-c2ccccc2)cc1Cl)NC1CCCC1. The molecule has 142 valence electrons. The smallest absolute Gasteiger partial charge is 0.344 e. The van der Waals surface area contributed by atoms with E-state index >= 15 is 0 Å². The molecule has 2 aromatic carbocycles. The second kappa shape index (κ2) is 9.42. The van der Waals surface area contributed by atoms with Gasteiger partial charge in [-0.15, -0.1) is 0 Å². The van der Waals surface area contributed by atoms with E-state index in [-0.39, 0.29) is 25.2 Å². The van der Waals surface area contributed by atoms with E-state index in [9.17, 15) is 9.59 Å². The summed E-state index contributed by atoms with van der Waals surface area (Å²) in [5.74, 6) is -0.496. The first-order valence-electron chi connectivity index (χ1n) is 9.04. The second-order valence-corrected chi connectivity index (χ2v) is 6.92. The number of nitrogens with one attached hydrogen (secondary N) is 1. The molecule has 1 aliphatic carbocycles. The summed E-state index contributed by atoms with van der Waals surface area (Å²) >= 11 is 6.24. The van der Waals surface area contributed by atoms with Crippen molar-refractivity contribution in [2.24, 2.45) is 0 Å². The monoisotopic (exact) mass is 387 g/mol. The molecule has 0 aromatic heterocycles. The van der Waals surface area contributed by atoms with Gasteiger partial charge in [0.05, 0.1) is 5.02 Å². The van der Waals surface area contributed by atoms with Crippen molar-refractivity contribution in [1.29, 1.82) is 0 Å². The first kappa shape index (κ1) is 19.2. The van der Waals surface area contributed by atoms with E-state index in [1.165, 1.54) is 0 Å². The van der Waals surface area contributed by atoms with Crippen LogP contribution in [-0.4, -0.2) is 31.1 Å². The van der Waals surface area contributed by atoms with Crippen LogP contribution in [0.1, 0.15) is 25.7 Å². The molecule has 0 atom stereocenters. The van der Waals surface area contributed by atoms with Crippen molar-refractivity contribution >= 4 is 23.5 Å². The Balaban J connectivity index is 1.45. The lowest BCUT2D eigenvalue weighted by atomic mass is 10.1. The summed E-state index contributed by atoms with van der Waals surface area (Å²) in [6, 6.07) is 15.4. The van der Waals surface area contributed by atoms with Gasteiger partial charge in [0.1, 0.15) is 5.75 Å². The van der Waals surface area contributed by atoms with Crippen molar-refractivity contribution in [1.82, 2.24) is 5.32 Å². The summed E-state index contributed by atoms with van der Waals surface area (Å²) in [4.78, 5) is 23.5.